The topological polar surface area (TPSA) is 106 Å². The third-order valence-corrected chi connectivity index (χ3v) is 6.48. The number of hydrogen-bond acceptors (Lipinski definition) is 6. The number of amides is 1. The second-order valence-corrected chi connectivity index (χ2v) is 10.1. The average molecular weight is 462 g/mol. The maximum atomic E-state index is 12.6. The molecule has 0 spiro atoms. The number of benzene rings is 1. The molecule has 178 valence electrons. The molecule has 1 atom stereocenters. The van der Waals surface area contributed by atoms with E-state index in [2.05, 4.69) is 33.4 Å². The Bertz CT molecular complexity index is 1200. The van der Waals surface area contributed by atoms with E-state index in [0.717, 1.165) is 35.1 Å². The van der Waals surface area contributed by atoms with Crippen LogP contribution in [0.2, 0.25) is 0 Å². The zero-order chi connectivity index (χ0) is 23.9. The lowest BCUT2D eigenvalue weighted by molar-refractivity contribution is 0.0292. The van der Waals surface area contributed by atoms with E-state index in [1.54, 1.807) is 6.20 Å². The Morgan fingerprint density at radius 2 is 2.06 bits per heavy atom. The van der Waals surface area contributed by atoms with Crippen molar-refractivity contribution in [3.05, 3.63) is 53.5 Å². The molecule has 0 aliphatic carbocycles. The minimum atomic E-state index is -0.503. The van der Waals surface area contributed by atoms with Gasteiger partial charge in [0.1, 0.15) is 11.4 Å². The highest BCUT2D eigenvalue weighted by Gasteiger charge is 2.32. The summed E-state index contributed by atoms with van der Waals surface area (Å²) >= 11 is 0. The van der Waals surface area contributed by atoms with E-state index in [0.29, 0.717) is 32.1 Å². The first-order valence-corrected chi connectivity index (χ1v) is 11.7. The standard InChI is InChI=1S/C26H31N5O3/c1-26(2,3)34-25(32)31-6-4-17(14-31)21-9-18(8-16-5-7-33-15-23(16)21)19-10-22(24(27)28-11-19)20-12-29-30-13-20/h8-13,17H,4-7,14-15H2,1-3H3,(H2,27,28)(H,29,30). The predicted molar refractivity (Wildman–Crippen MR) is 130 cm³/mol. The largest absolute Gasteiger partial charge is 0.444 e. The number of aromatic nitrogens is 3. The molecule has 1 amide bonds. The van der Waals surface area contributed by atoms with Crippen LogP contribution in [0.4, 0.5) is 10.6 Å². The molecule has 2 aliphatic rings. The van der Waals surface area contributed by atoms with Crippen LogP contribution in [0.25, 0.3) is 22.3 Å². The zero-order valence-corrected chi connectivity index (χ0v) is 19.9. The van der Waals surface area contributed by atoms with Crippen LogP contribution in [0.3, 0.4) is 0 Å². The number of anilines is 1. The number of carbonyl (C=O) groups is 1. The summed E-state index contributed by atoms with van der Waals surface area (Å²) in [7, 11) is 0. The van der Waals surface area contributed by atoms with E-state index in [9.17, 15) is 4.79 Å². The molecule has 1 unspecified atom stereocenters. The van der Waals surface area contributed by atoms with Gasteiger partial charge in [-0.15, -0.1) is 0 Å². The van der Waals surface area contributed by atoms with Crippen LogP contribution in [0.15, 0.2) is 36.8 Å². The molecule has 1 aromatic carbocycles. The van der Waals surface area contributed by atoms with E-state index in [4.69, 9.17) is 15.2 Å². The highest BCUT2D eigenvalue weighted by molar-refractivity contribution is 5.79. The molecule has 2 aromatic heterocycles. The number of fused-ring (bicyclic) bond motifs is 1. The zero-order valence-electron chi connectivity index (χ0n) is 19.9. The van der Waals surface area contributed by atoms with Crippen LogP contribution in [0, 0.1) is 0 Å². The number of rotatable bonds is 3. The lowest BCUT2D eigenvalue weighted by Gasteiger charge is -2.26. The van der Waals surface area contributed by atoms with Crippen molar-refractivity contribution in [1.82, 2.24) is 20.1 Å². The van der Waals surface area contributed by atoms with E-state index in [1.807, 2.05) is 38.1 Å². The Balaban J connectivity index is 1.49. The third kappa shape index (κ3) is 4.50. The van der Waals surface area contributed by atoms with Crippen LogP contribution < -0.4 is 5.73 Å². The minimum Gasteiger partial charge on any atom is -0.444 e. The molecule has 8 nitrogen and oxygen atoms in total. The molecular weight excluding hydrogens is 430 g/mol. The second-order valence-electron chi connectivity index (χ2n) is 10.1. The van der Waals surface area contributed by atoms with E-state index in [-0.39, 0.29) is 12.0 Å². The van der Waals surface area contributed by atoms with Crippen molar-refractivity contribution in [3.63, 3.8) is 0 Å². The molecule has 3 aromatic rings. The van der Waals surface area contributed by atoms with Gasteiger partial charge in [0, 0.05) is 48.1 Å². The quantitative estimate of drug-likeness (QED) is 0.594. The van der Waals surface area contributed by atoms with Gasteiger partial charge in [-0.05, 0) is 61.9 Å². The molecular formula is C26H31N5O3. The fourth-order valence-electron chi connectivity index (χ4n) is 4.81. The van der Waals surface area contributed by atoms with Crippen LogP contribution in [-0.2, 0) is 22.5 Å². The Kier molecular flexibility index (Phi) is 5.77. The van der Waals surface area contributed by atoms with Gasteiger partial charge < -0.3 is 20.1 Å². The van der Waals surface area contributed by atoms with E-state index >= 15 is 0 Å². The molecule has 8 heteroatoms. The van der Waals surface area contributed by atoms with Gasteiger partial charge in [-0.25, -0.2) is 9.78 Å². The Morgan fingerprint density at radius 1 is 1.21 bits per heavy atom. The maximum Gasteiger partial charge on any atom is 0.410 e. The van der Waals surface area contributed by atoms with Gasteiger partial charge in [-0.2, -0.15) is 5.10 Å². The number of hydrogen-bond donors (Lipinski definition) is 2. The smallest absolute Gasteiger partial charge is 0.410 e. The molecule has 3 N–H and O–H groups in total. The molecule has 2 aliphatic heterocycles. The number of aromatic amines is 1. The van der Waals surface area contributed by atoms with Crippen molar-refractivity contribution in [1.29, 1.82) is 0 Å². The predicted octanol–water partition coefficient (Wildman–Crippen LogP) is 4.52. The van der Waals surface area contributed by atoms with Crippen molar-refractivity contribution in [2.24, 2.45) is 0 Å². The highest BCUT2D eigenvalue weighted by Crippen LogP contribution is 2.38. The summed E-state index contributed by atoms with van der Waals surface area (Å²) in [6.45, 7) is 8.34. The third-order valence-electron chi connectivity index (χ3n) is 6.48. The van der Waals surface area contributed by atoms with Crippen molar-refractivity contribution >= 4 is 11.9 Å². The summed E-state index contributed by atoms with van der Waals surface area (Å²) < 4.78 is 11.4. The lowest BCUT2D eigenvalue weighted by atomic mass is 9.85. The fraction of sp³-hybridized carbons (Fsp3) is 0.423. The van der Waals surface area contributed by atoms with Gasteiger partial charge in [0.15, 0.2) is 0 Å². The van der Waals surface area contributed by atoms with Gasteiger partial charge in [0.05, 0.1) is 19.4 Å². The van der Waals surface area contributed by atoms with Gasteiger partial charge in [0.2, 0.25) is 0 Å². The number of ether oxygens (including phenoxy) is 2. The molecule has 1 saturated heterocycles. The number of nitrogens with zero attached hydrogens (tertiary/aromatic N) is 3. The number of nitrogens with one attached hydrogen (secondary N) is 1. The summed E-state index contributed by atoms with van der Waals surface area (Å²) in [5.41, 5.74) is 13.3. The normalized spacial score (nSPS) is 18.1. The first-order chi connectivity index (χ1) is 16.3. The molecule has 0 saturated carbocycles. The van der Waals surface area contributed by atoms with E-state index < -0.39 is 5.60 Å². The number of carbonyl (C=O) groups excluding carboxylic acids is 1. The summed E-state index contributed by atoms with van der Waals surface area (Å²) in [4.78, 5) is 18.9. The highest BCUT2D eigenvalue weighted by atomic mass is 16.6. The SMILES string of the molecule is CC(C)(C)OC(=O)N1CCC(c2cc(-c3cnc(N)c(-c4cn[nH]c4)c3)cc3c2COCC3)C1. The van der Waals surface area contributed by atoms with Gasteiger partial charge in [0.25, 0.3) is 0 Å². The fourth-order valence-corrected chi connectivity index (χ4v) is 4.81. The van der Waals surface area contributed by atoms with Crippen molar-refractivity contribution in [2.45, 2.75) is 51.7 Å². The monoisotopic (exact) mass is 461 g/mol. The number of H-pyrrole nitrogens is 1. The average Bonchev–Trinajstić information content (AvgIpc) is 3.50. The lowest BCUT2D eigenvalue weighted by Crippen LogP contribution is -2.35. The molecule has 0 bridgehead atoms. The number of nitrogens with two attached hydrogens (primary N) is 1. The van der Waals surface area contributed by atoms with Crippen molar-refractivity contribution < 1.29 is 14.3 Å². The minimum absolute atomic E-state index is 0.234. The Hall–Kier alpha value is -3.39. The van der Waals surface area contributed by atoms with Gasteiger partial charge >= 0.3 is 6.09 Å². The van der Waals surface area contributed by atoms with Crippen LogP contribution in [0.5, 0.6) is 0 Å². The summed E-state index contributed by atoms with van der Waals surface area (Å²) in [6.07, 6.45) is 6.91. The summed E-state index contributed by atoms with van der Waals surface area (Å²) in [5, 5.41) is 6.88. The summed E-state index contributed by atoms with van der Waals surface area (Å²) in [5.74, 6) is 0.707. The van der Waals surface area contributed by atoms with Crippen LogP contribution in [-0.4, -0.2) is 51.5 Å². The van der Waals surface area contributed by atoms with Crippen LogP contribution >= 0.6 is 0 Å². The van der Waals surface area contributed by atoms with Gasteiger partial charge in [-0.3, -0.25) is 5.10 Å². The first-order valence-electron chi connectivity index (χ1n) is 11.7. The molecule has 5 rings (SSSR count). The van der Waals surface area contributed by atoms with Crippen LogP contribution in [0.1, 0.15) is 49.8 Å². The molecule has 1 fully saturated rings. The van der Waals surface area contributed by atoms with Crippen molar-refractivity contribution in [2.75, 3.05) is 25.4 Å². The number of likely N-dealkylation sites (tertiary alicyclic amines) is 1. The Labute approximate surface area is 199 Å². The van der Waals surface area contributed by atoms with Crippen molar-refractivity contribution in [3.8, 4) is 22.3 Å². The first kappa shape index (κ1) is 22.4. The van der Waals surface area contributed by atoms with E-state index in [1.165, 1.54) is 16.7 Å². The molecule has 34 heavy (non-hydrogen) atoms. The second kappa shape index (κ2) is 8.76. The Morgan fingerprint density at radius 3 is 2.82 bits per heavy atom. The van der Waals surface area contributed by atoms with Gasteiger partial charge in [-0.1, -0.05) is 12.1 Å². The number of nitrogen functional groups attached to an aromatic ring is 1. The maximum absolute atomic E-state index is 12.6. The number of pyridine rings is 1. The molecule has 4 heterocycles. The molecule has 0 radical (unpaired) electrons. The summed E-state index contributed by atoms with van der Waals surface area (Å²) in [6, 6.07) is 6.55.